The number of terminal acetylenes is 1. The number of benzene rings is 3. The van der Waals surface area contributed by atoms with E-state index < -0.39 is 17.6 Å². The summed E-state index contributed by atoms with van der Waals surface area (Å²) in [5.41, 5.74) is 3.73. The number of nitrogens with one attached hydrogen (secondary N) is 2. The number of aryl methyl sites for hydroxylation is 1. The third kappa shape index (κ3) is 8.54. The first-order chi connectivity index (χ1) is 35.4. The summed E-state index contributed by atoms with van der Waals surface area (Å²) in [6, 6.07) is 13.0. The molecule has 0 radical (unpaired) electrons. The van der Waals surface area contributed by atoms with Crippen LogP contribution in [0.15, 0.2) is 48.7 Å². The molecule has 7 aliphatic rings. The van der Waals surface area contributed by atoms with Crippen molar-refractivity contribution >= 4 is 50.2 Å². The topological polar surface area (TPSA) is 154 Å². The Morgan fingerprint density at radius 3 is 2.42 bits per heavy atom. The average Bonchev–Trinajstić information content (AvgIpc) is 3.96. The van der Waals surface area contributed by atoms with E-state index in [0.29, 0.717) is 64.8 Å². The minimum Gasteiger partial charge on any atom is -0.508 e. The molecule has 7 fully saturated rings. The highest BCUT2D eigenvalue weighted by Crippen LogP contribution is 2.54. The maximum absolute atomic E-state index is 17.2. The first-order valence-electron chi connectivity index (χ1n) is 26.6. The molecule has 3 N–H and O–H groups in total. The Bertz CT molecular complexity index is 3240. The monoisotopic (exact) mass is 988 g/mol. The maximum atomic E-state index is 17.2. The van der Waals surface area contributed by atoms with Gasteiger partial charge in [0.2, 0.25) is 11.8 Å². The van der Waals surface area contributed by atoms with Gasteiger partial charge in [-0.2, -0.15) is 15.1 Å². The number of ether oxygens (including phenoxy) is 1. The number of phenolic OH excluding ortho intramolecular Hbond substituents is 1. The predicted molar refractivity (Wildman–Crippen MR) is 274 cm³/mol. The molecule has 73 heavy (non-hydrogen) atoms. The van der Waals surface area contributed by atoms with Crippen LogP contribution in [0, 0.1) is 40.7 Å². The van der Waals surface area contributed by atoms with Gasteiger partial charge in [-0.1, -0.05) is 24.1 Å². The quantitative estimate of drug-likeness (QED) is 0.0862. The number of likely N-dealkylation sites (tertiary alicyclic amines) is 2. The molecule has 2 saturated carbocycles. The van der Waals surface area contributed by atoms with Crippen LogP contribution in [0.1, 0.15) is 106 Å². The van der Waals surface area contributed by atoms with Gasteiger partial charge in [-0.05, 0) is 149 Å². The van der Waals surface area contributed by atoms with Gasteiger partial charge in [-0.3, -0.25) is 24.6 Å². The first kappa shape index (κ1) is 46.5. The van der Waals surface area contributed by atoms with Gasteiger partial charge in [0.05, 0.1) is 34.7 Å². The molecule has 3 atom stereocenters. The number of piperazine rings is 1. The number of hydrogen-bond acceptors (Lipinski definition) is 12. The lowest BCUT2D eigenvalue weighted by Gasteiger charge is -2.54. The smallest absolute Gasteiger partial charge is 0.319 e. The number of halogens is 2. The number of aromatic hydroxyl groups is 1. The van der Waals surface area contributed by atoms with Gasteiger partial charge in [0, 0.05) is 79.7 Å². The van der Waals surface area contributed by atoms with Crippen LogP contribution in [-0.4, -0.2) is 123 Å². The maximum Gasteiger partial charge on any atom is 0.319 e. The Morgan fingerprint density at radius 1 is 0.904 bits per heavy atom. The van der Waals surface area contributed by atoms with E-state index in [-0.39, 0.29) is 51.3 Å². The summed E-state index contributed by atoms with van der Waals surface area (Å²) in [6.07, 6.45) is 19.8. The fourth-order valence-corrected chi connectivity index (χ4v) is 13.9. The number of amides is 2. The molecular formula is C57H62F2N10O4. The fraction of sp³-hybridized carbons (Fsp3) is 0.509. The Hall–Kier alpha value is -6.28. The number of pyridine rings is 1. The number of nitrogens with zero attached hydrogens (tertiary/aromatic N) is 8. The van der Waals surface area contributed by atoms with Crippen molar-refractivity contribution in [3.8, 4) is 35.4 Å². The van der Waals surface area contributed by atoms with Gasteiger partial charge in [-0.15, -0.1) is 6.42 Å². The number of carbonyl (C=O) groups excluding carboxylic acids is 2. The number of imide groups is 1. The van der Waals surface area contributed by atoms with E-state index in [0.717, 1.165) is 107 Å². The zero-order valence-electron chi connectivity index (χ0n) is 41.4. The van der Waals surface area contributed by atoms with E-state index in [4.69, 9.17) is 26.2 Å². The second-order valence-electron chi connectivity index (χ2n) is 22.9. The molecule has 3 unspecified atom stereocenters. The minimum atomic E-state index is -0.713. The van der Waals surface area contributed by atoms with E-state index >= 15 is 8.78 Å². The summed E-state index contributed by atoms with van der Waals surface area (Å²) in [5, 5.41) is 23.9. The Morgan fingerprint density at radius 2 is 1.68 bits per heavy atom. The van der Waals surface area contributed by atoms with Crippen molar-refractivity contribution in [2.75, 3.05) is 63.9 Å². The predicted octanol–water partition coefficient (Wildman–Crippen LogP) is 7.69. The van der Waals surface area contributed by atoms with Crippen LogP contribution in [0.25, 0.3) is 43.8 Å². The lowest BCUT2D eigenvalue weighted by molar-refractivity contribution is -0.134. The number of phenols is 1. The zero-order chi connectivity index (χ0) is 49.8. The minimum absolute atomic E-state index is 0.00817. The zero-order valence-corrected chi connectivity index (χ0v) is 41.4. The highest BCUT2D eigenvalue weighted by Gasteiger charge is 2.50. The van der Waals surface area contributed by atoms with Gasteiger partial charge in [0.1, 0.15) is 28.6 Å². The first-order valence-corrected chi connectivity index (χ1v) is 26.6. The molecule has 8 heterocycles. The highest BCUT2D eigenvalue weighted by molar-refractivity contribution is 6.04. The second kappa shape index (κ2) is 18.0. The third-order valence-corrected chi connectivity index (χ3v) is 18.0. The van der Waals surface area contributed by atoms with Crippen molar-refractivity contribution < 1.29 is 28.2 Å². The molecular weight excluding hydrogens is 927 g/mol. The number of fused-ring (bicyclic) bond motifs is 5. The Kier molecular flexibility index (Phi) is 11.5. The van der Waals surface area contributed by atoms with Crippen molar-refractivity contribution in [1.29, 1.82) is 0 Å². The molecule has 3 aromatic carbocycles. The van der Waals surface area contributed by atoms with Crippen LogP contribution in [0.4, 0.5) is 14.6 Å². The third-order valence-electron chi connectivity index (χ3n) is 18.0. The molecule has 378 valence electrons. The summed E-state index contributed by atoms with van der Waals surface area (Å²) in [5.74, 6) is 1.97. The molecule has 5 aliphatic heterocycles. The van der Waals surface area contributed by atoms with Gasteiger partial charge >= 0.3 is 6.01 Å². The standard InChI is InChI=1S/C57H62F2N10O4/c1-3-40-45(58)10-5-36-22-39(70)24-43(48(36)40)51-49(59)52-44(27-60-51)53(69-29-37-6-7-38(30-69)61-37)64-55(63-52)73-32-57(14-15-57)31-68-20-16-56(17-21-68)25-33(26-56)28-67-18-12-34(13-19-67)35-4-8-41-46(23-35)66(2)65-50(41)42-9-11-47(71)62-54(42)72/h1,4-5,8,10,22-24,27,33-34,37-38,42,61,70H,6-7,9,11-21,25-26,28-32H2,2H3,(H,62,71,72). The van der Waals surface area contributed by atoms with Crippen LogP contribution in [0.5, 0.6) is 11.8 Å². The van der Waals surface area contributed by atoms with Gasteiger partial charge in [-0.25, -0.2) is 8.78 Å². The summed E-state index contributed by atoms with van der Waals surface area (Å²) in [6.45, 7) is 8.43. The summed E-state index contributed by atoms with van der Waals surface area (Å²) < 4.78 is 40.7. The molecule has 5 saturated heterocycles. The van der Waals surface area contributed by atoms with Crippen LogP contribution < -0.4 is 20.3 Å². The van der Waals surface area contributed by atoms with E-state index in [2.05, 4.69) is 54.4 Å². The molecule has 14 nitrogen and oxygen atoms in total. The van der Waals surface area contributed by atoms with Gasteiger partial charge in [0.15, 0.2) is 5.82 Å². The van der Waals surface area contributed by atoms with Gasteiger partial charge in [0.25, 0.3) is 0 Å². The van der Waals surface area contributed by atoms with Crippen molar-refractivity contribution in [3.63, 3.8) is 0 Å². The Labute approximate surface area is 423 Å². The van der Waals surface area contributed by atoms with E-state index in [1.807, 2.05) is 11.7 Å². The second-order valence-corrected chi connectivity index (χ2v) is 22.9. The Balaban J connectivity index is 0.635. The molecule has 13 rings (SSSR count). The normalized spacial score (nSPS) is 24.4. The van der Waals surface area contributed by atoms with Gasteiger partial charge < -0.3 is 29.9 Å². The summed E-state index contributed by atoms with van der Waals surface area (Å²) in [4.78, 5) is 46.3. The lowest BCUT2D eigenvalue weighted by atomic mass is 9.57. The largest absolute Gasteiger partial charge is 0.508 e. The molecule has 6 aromatic rings. The fourth-order valence-electron chi connectivity index (χ4n) is 13.9. The molecule has 16 heteroatoms. The molecule has 2 bridgehead atoms. The molecule has 2 amide bonds. The van der Waals surface area contributed by atoms with E-state index in [1.54, 1.807) is 6.20 Å². The van der Waals surface area contributed by atoms with Crippen molar-refractivity contribution in [2.45, 2.75) is 101 Å². The van der Waals surface area contributed by atoms with Crippen LogP contribution >= 0.6 is 0 Å². The number of hydrogen-bond donors (Lipinski definition) is 3. The lowest BCUT2D eigenvalue weighted by Crippen LogP contribution is -2.51. The average molecular weight is 989 g/mol. The summed E-state index contributed by atoms with van der Waals surface area (Å²) in [7, 11) is 1.94. The van der Waals surface area contributed by atoms with Crippen LogP contribution in [0.2, 0.25) is 0 Å². The summed E-state index contributed by atoms with van der Waals surface area (Å²) >= 11 is 0. The number of piperidine rings is 3. The van der Waals surface area contributed by atoms with Crippen LogP contribution in [-0.2, 0) is 16.6 Å². The van der Waals surface area contributed by atoms with Crippen molar-refractivity contribution in [1.82, 2.24) is 45.2 Å². The number of anilines is 1. The van der Waals surface area contributed by atoms with Crippen molar-refractivity contribution in [3.05, 3.63) is 77.1 Å². The molecule has 1 spiro atoms. The van der Waals surface area contributed by atoms with E-state index in [1.165, 1.54) is 62.1 Å². The molecule has 3 aromatic heterocycles. The van der Waals surface area contributed by atoms with Crippen LogP contribution in [0.3, 0.4) is 0 Å². The number of carbonyl (C=O) groups is 2. The molecule has 2 aliphatic carbocycles. The highest BCUT2D eigenvalue weighted by atomic mass is 19.1. The van der Waals surface area contributed by atoms with E-state index in [9.17, 15) is 14.7 Å². The number of rotatable bonds is 11. The number of aromatic nitrogens is 5. The SMILES string of the molecule is C#Cc1c(F)ccc2cc(O)cc(-c3ncc4c(N5CC6CCC(C5)N6)nc(OCC5(CN6CCC7(CC6)CC(CN6CCC(c8ccc9c(C%10CCC(=O)NC%10=O)nn(C)c9c8)CC6)C7)CC5)nc4c3F)c12. The van der Waals surface area contributed by atoms with Crippen molar-refractivity contribution in [2.24, 2.45) is 23.8 Å².